The van der Waals surface area contributed by atoms with E-state index >= 15 is 0 Å². The second kappa shape index (κ2) is 68.8. The lowest BCUT2D eigenvalue weighted by Crippen LogP contribution is -2.30. The average molecular weight is 1130 g/mol. The van der Waals surface area contributed by atoms with Crippen LogP contribution in [0.1, 0.15) is 342 Å². The molecule has 0 aliphatic carbocycles. The minimum Gasteiger partial charge on any atom is -0.462 e. The number of carbonyl (C=O) groups excluding carboxylic acids is 3. The van der Waals surface area contributed by atoms with Crippen LogP contribution in [0, 0.1) is 0 Å². The van der Waals surface area contributed by atoms with Crippen LogP contribution in [0.25, 0.3) is 0 Å². The lowest BCUT2D eigenvalue weighted by Gasteiger charge is -2.18. The zero-order valence-corrected chi connectivity index (χ0v) is 53.5. The van der Waals surface area contributed by atoms with E-state index in [1.165, 1.54) is 186 Å². The lowest BCUT2D eigenvalue weighted by atomic mass is 10.0. The van der Waals surface area contributed by atoms with Gasteiger partial charge in [0.15, 0.2) is 6.10 Å². The molecular weight excluding hydrogens is 997 g/mol. The topological polar surface area (TPSA) is 78.9 Å². The van der Waals surface area contributed by atoms with Crippen molar-refractivity contribution in [2.75, 3.05) is 13.2 Å². The van der Waals surface area contributed by atoms with Crippen LogP contribution in [0.3, 0.4) is 0 Å². The Morgan fingerprint density at radius 2 is 0.481 bits per heavy atom. The van der Waals surface area contributed by atoms with Gasteiger partial charge in [-0.2, -0.15) is 0 Å². The van der Waals surface area contributed by atoms with Crippen LogP contribution in [0.5, 0.6) is 0 Å². The zero-order valence-electron chi connectivity index (χ0n) is 53.5. The lowest BCUT2D eigenvalue weighted by molar-refractivity contribution is -0.167. The van der Waals surface area contributed by atoms with E-state index in [1.54, 1.807) is 0 Å². The summed E-state index contributed by atoms with van der Waals surface area (Å²) >= 11 is 0. The highest BCUT2D eigenvalue weighted by atomic mass is 16.6. The fourth-order valence-electron chi connectivity index (χ4n) is 9.89. The molecule has 1 atom stereocenters. The molecule has 0 saturated carbocycles. The van der Waals surface area contributed by atoms with E-state index in [2.05, 4.69) is 118 Å². The molecule has 0 spiro atoms. The van der Waals surface area contributed by atoms with Gasteiger partial charge in [-0.15, -0.1) is 0 Å². The van der Waals surface area contributed by atoms with Crippen LogP contribution < -0.4 is 0 Å². The van der Waals surface area contributed by atoms with Gasteiger partial charge in [0.25, 0.3) is 0 Å². The van der Waals surface area contributed by atoms with Gasteiger partial charge >= 0.3 is 17.9 Å². The van der Waals surface area contributed by atoms with Gasteiger partial charge in [-0.3, -0.25) is 14.4 Å². The minimum atomic E-state index is -0.787. The fraction of sp³-hybridized carbons (Fsp3) is 0.747. The Balaban J connectivity index is 4.35. The molecule has 0 heterocycles. The summed E-state index contributed by atoms with van der Waals surface area (Å²) in [6.45, 7) is 6.53. The van der Waals surface area contributed by atoms with Crippen LogP contribution in [0.15, 0.2) is 97.2 Å². The van der Waals surface area contributed by atoms with Crippen LogP contribution in [-0.4, -0.2) is 37.2 Å². The summed E-state index contributed by atoms with van der Waals surface area (Å²) in [5.41, 5.74) is 0. The molecule has 0 aromatic rings. The molecule has 6 nitrogen and oxygen atoms in total. The maximum absolute atomic E-state index is 12.9. The van der Waals surface area contributed by atoms with Crippen molar-refractivity contribution in [3.8, 4) is 0 Å². The Bertz CT molecular complexity index is 1580. The summed E-state index contributed by atoms with van der Waals surface area (Å²) in [6, 6.07) is 0. The highest BCUT2D eigenvalue weighted by molar-refractivity contribution is 5.71. The molecule has 0 aromatic carbocycles. The van der Waals surface area contributed by atoms with Crippen molar-refractivity contribution < 1.29 is 28.6 Å². The van der Waals surface area contributed by atoms with Crippen molar-refractivity contribution in [2.24, 2.45) is 0 Å². The predicted molar refractivity (Wildman–Crippen MR) is 353 cm³/mol. The monoisotopic (exact) mass is 1130 g/mol. The van der Waals surface area contributed by atoms with Crippen molar-refractivity contribution in [3.63, 3.8) is 0 Å². The molecule has 0 N–H and O–H groups in total. The van der Waals surface area contributed by atoms with Gasteiger partial charge in [-0.1, -0.05) is 317 Å². The highest BCUT2D eigenvalue weighted by Crippen LogP contribution is 2.17. The van der Waals surface area contributed by atoms with E-state index in [4.69, 9.17) is 14.2 Å². The Kier molecular flexibility index (Phi) is 65.7. The van der Waals surface area contributed by atoms with E-state index in [-0.39, 0.29) is 31.1 Å². The highest BCUT2D eigenvalue weighted by Gasteiger charge is 2.19. The van der Waals surface area contributed by atoms with Crippen LogP contribution in [0.2, 0.25) is 0 Å². The number of allylic oxidation sites excluding steroid dienone is 16. The summed E-state index contributed by atoms with van der Waals surface area (Å²) in [7, 11) is 0. The molecule has 0 aliphatic rings. The molecule has 0 fully saturated rings. The molecule has 0 radical (unpaired) electrons. The first kappa shape index (κ1) is 77.3. The van der Waals surface area contributed by atoms with Gasteiger partial charge in [0.1, 0.15) is 13.2 Å². The smallest absolute Gasteiger partial charge is 0.306 e. The Hall–Kier alpha value is -3.67. The minimum absolute atomic E-state index is 0.0802. The van der Waals surface area contributed by atoms with Crippen molar-refractivity contribution in [2.45, 2.75) is 348 Å². The first-order valence-corrected chi connectivity index (χ1v) is 34.7. The van der Waals surface area contributed by atoms with Gasteiger partial charge in [0.2, 0.25) is 0 Å². The Morgan fingerprint density at radius 1 is 0.259 bits per heavy atom. The average Bonchev–Trinajstić information content (AvgIpc) is 3.47. The van der Waals surface area contributed by atoms with Crippen LogP contribution in [0.4, 0.5) is 0 Å². The third-order valence-corrected chi connectivity index (χ3v) is 15.1. The molecule has 0 amide bonds. The van der Waals surface area contributed by atoms with Gasteiger partial charge in [-0.05, 0) is 103 Å². The molecule has 0 bridgehead atoms. The molecule has 0 aromatic heterocycles. The van der Waals surface area contributed by atoms with Crippen LogP contribution >= 0.6 is 0 Å². The summed E-state index contributed by atoms with van der Waals surface area (Å²) in [5, 5.41) is 0. The number of hydrogen-bond acceptors (Lipinski definition) is 6. The molecule has 81 heavy (non-hydrogen) atoms. The molecular formula is C75H130O6. The Labute approximate surface area is 502 Å². The van der Waals surface area contributed by atoms with Crippen molar-refractivity contribution in [3.05, 3.63) is 97.2 Å². The normalized spacial score (nSPS) is 12.7. The fourth-order valence-corrected chi connectivity index (χ4v) is 9.89. The second-order valence-corrected chi connectivity index (χ2v) is 23.1. The van der Waals surface area contributed by atoms with Crippen molar-refractivity contribution in [1.82, 2.24) is 0 Å². The maximum atomic E-state index is 12.9. The number of carbonyl (C=O) groups is 3. The summed E-state index contributed by atoms with van der Waals surface area (Å²) in [5.74, 6) is -0.879. The number of rotatable bonds is 63. The summed E-state index contributed by atoms with van der Waals surface area (Å²) in [6.07, 6.45) is 92.7. The van der Waals surface area contributed by atoms with Gasteiger partial charge in [0, 0.05) is 19.3 Å². The third-order valence-electron chi connectivity index (χ3n) is 15.1. The first-order valence-electron chi connectivity index (χ1n) is 34.7. The third kappa shape index (κ3) is 67.0. The van der Waals surface area contributed by atoms with E-state index < -0.39 is 6.10 Å². The van der Waals surface area contributed by atoms with E-state index in [1.807, 2.05) is 0 Å². The van der Waals surface area contributed by atoms with Gasteiger partial charge < -0.3 is 14.2 Å². The summed E-state index contributed by atoms with van der Waals surface area (Å²) in [4.78, 5) is 38.5. The number of hydrogen-bond donors (Lipinski definition) is 0. The molecule has 0 aliphatic heterocycles. The molecule has 466 valence electrons. The van der Waals surface area contributed by atoms with Crippen molar-refractivity contribution >= 4 is 17.9 Å². The zero-order chi connectivity index (χ0) is 58.5. The second-order valence-electron chi connectivity index (χ2n) is 23.1. The standard InChI is InChI=1S/C75H130O6/c1-4-7-10-13-16-19-22-25-28-31-33-34-35-36-37-38-39-40-42-44-47-50-53-56-59-62-65-68-74(77)80-71-72(70-79-73(76)67-64-61-58-55-52-49-46-43-30-27-24-21-18-15-12-9-6-3)81-75(78)69-66-63-60-57-54-51-48-45-41-32-29-26-23-20-17-14-11-8-5-2/h7,10,16-17,19-20,25-26,28-29,33-34,36-37,41,45,72H,4-6,8-9,11-15,18,21-24,27,30-32,35,38-40,42-44,46-71H2,1-3H3/b10-7-,19-16-,20-17-,28-25-,29-26-,34-33-,37-36-,45-41-. The van der Waals surface area contributed by atoms with Crippen LogP contribution in [-0.2, 0) is 28.6 Å². The quantitative estimate of drug-likeness (QED) is 0.0261. The maximum Gasteiger partial charge on any atom is 0.306 e. The van der Waals surface area contributed by atoms with E-state index in [0.717, 1.165) is 116 Å². The largest absolute Gasteiger partial charge is 0.462 e. The van der Waals surface area contributed by atoms with Gasteiger partial charge in [-0.25, -0.2) is 0 Å². The first-order chi connectivity index (χ1) is 40.0. The van der Waals surface area contributed by atoms with Crippen molar-refractivity contribution in [1.29, 1.82) is 0 Å². The Morgan fingerprint density at radius 3 is 0.778 bits per heavy atom. The molecule has 6 heteroatoms. The molecule has 0 saturated heterocycles. The molecule has 0 rings (SSSR count). The molecule has 1 unspecified atom stereocenters. The SMILES string of the molecule is CC/C=C\C/C=C\C/C=C\C/C=C\C/C=C\CCCCCCCCCCCCCC(=O)OCC(COC(=O)CCCCCCCCCCCCCCCCCCC)OC(=O)CCCCCCCC/C=C\C/C=C\C/C=C\CCCCC. The number of ether oxygens (including phenoxy) is 3. The van der Waals surface area contributed by atoms with E-state index in [0.29, 0.717) is 19.3 Å². The van der Waals surface area contributed by atoms with E-state index in [9.17, 15) is 14.4 Å². The predicted octanol–water partition coefficient (Wildman–Crippen LogP) is 24.0. The number of esters is 3. The summed E-state index contributed by atoms with van der Waals surface area (Å²) < 4.78 is 17.0. The van der Waals surface area contributed by atoms with Gasteiger partial charge in [0.05, 0.1) is 0 Å². The number of unbranched alkanes of at least 4 members (excludes halogenated alkanes) is 36.